The summed E-state index contributed by atoms with van der Waals surface area (Å²) in [7, 11) is 3.07. The summed E-state index contributed by atoms with van der Waals surface area (Å²) in [6, 6.07) is 4.73. The molecule has 1 aromatic carbocycles. The minimum absolute atomic E-state index is 0.0820. The van der Waals surface area contributed by atoms with Crippen LogP contribution >= 0.6 is 0 Å². The Morgan fingerprint density at radius 1 is 1.38 bits per heavy atom. The fourth-order valence-electron chi connectivity index (χ4n) is 2.51. The highest BCUT2D eigenvalue weighted by Gasteiger charge is 2.32. The normalized spacial score (nSPS) is 25.8. The Morgan fingerprint density at radius 2 is 2.19 bits per heavy atom. The number of rotatable bonds is 6. The Hall–Kier alpha value is -1.21. The highest BCUT2D eigenvalue weighted by molar-refractivity contribution is 5.34. The molecule has 1 aliphatic rings. The van der Waals surface area contributed by atoms with Gasteiger partial charge in [-0.05, 0) is 12.1 Å². The van der Waals surface area contributed by atoms with E-state index in [-0.39, 0.29) is 17.8 Å². The van der Waals surface area contributed by atoms with E-state index in [4.69, 9.17) is 14.2 Å². The van der Waals surface area contributed by atoms with Crippen molar-refractivity contribution < 1.29 is 23.7 Å². The zero-order valence-corrected chi connectivity index (χ0v) is 12.3. The van der Waals surface area contributed by atoms with Crippen molar-refractivity contribution in [1.82, 2.24) is 5.32 Å². The van der Waals surface area contributed by atoms with Gasteiger partial charge in [-0.25, -0.2) is 4.39 Å². The molecule has 1 heterocycles. The van der Waals surface area contributed by atoms with Crippen LogP contribution in [0.25, 0.3) is 0 Å². The molecule has 0 amide bonds. The highest BCUT2D eigenvalue weighted by atomic mass is 19.1. The second-order valence-corrected chi connectivity index (χ2v) is 5.11. The van der Waals surface area contributed by atoms with E-state index in [2.05, 4.69) is 5.32 Å². The number of hydrogen-bond donors (Lipinski definition) is 2. The molecule has 0 radical (unpaired) electrons. The molecule has 1 saturated heterocycles. The van der Waals surface area contributed by atoms with Crippen molar-refractivity contribution in [2.75, 3.05) is 34.0 Å². The van der Waals surface area contributed by atoms with Crippen LogP contribution in [-0.2, 0) is 16.0 Å². The van der Waals surface area contributed by atoms with E-state index in [0.717, 1.165) is 0 Å². The van der Waals surface area contributed by atoms with Crippen LogP contribution in [0.1, 0.15) is 5.56 Å². The molecular weight excluding hydrogens is 277 g/mol. The molecule has 6 heteroatoms. The minimum Gasteiger partial charge on any atom is -0.496 e. The molecule has 21 heavy (non-hydrogen) atoms. The smallest absolute Gasteiger partial charge is 0.131 e. The van der Waals surface area contributed by atoms with Crippen molar-refractivity contribution in [2.45, 2.75) is 18.8 Å². The van der Waals surface area contributed by atoms with E-state index < -0.39 is 6.10 Å². The van der Waals surface area contributed by atoms with Crippen molar-refractivity contribution in [1.29, 1.82) is 0 Å². The standard InChI is InChI=1S/C15H22FNO4/c1-19-13-5-3-4-12(16)11(13)7-17-6-10-8-21-9-14(20-2)15(10)18/h3-5,10,14-15,17-18H,6-9H2,1-2H3/t10-,14-,15+/m1/s1. The molecule has 0 bridgehead atoms. The second kappa shape index (κ2) is 7.70. The van der Waals surface area contributed by atoms with Crippen molar-refractivity contribution in [3.63, 3.8) is 0 Å². The third-order valence-electron chi connectivity index (χ3n) is 3.78. The van der Waals surface area contributed by atoms with Crippen molar-refractivity contribution in [3.8, 4) is 5.75 Å². The molecule has 0 saturated carbocycles. The topological polar surface area (TPSA) is 60.0 Å². The first-order chi connectivity index (χ1) is 10.2. The van der Waals surface area contributed by atoms with Gasteiger partial charge in [0.1, 0.15) is 17.7 Å². The molecular formula is C15H22FNO4. The summed E-state index contributed by atoms with van der Waals surface area (Å²) in [5.74, 6) is 0.122. The van der Waals surface area contributed by atoms with Crippen LogP contribution in [0.4, 0.5) is 4.39 Å². The zero-order valence-electron chi connectivity index (χ0n) is 12.3. The average molecular weight is 299 g/mol. The van der Waals surface area contributed by atoms with Gasteiger partial charge < -0.3 is 24.6 Å². The number of aliphatic hydroxyl groups excluding tert-OH is 1. The third-order valence-corrected chi connectivity index (χ3v) is 3.78. The predicted octanol–water partition coefficient (Wildman–Crippen LogP) is 0.946. The summed E-state index contributed by atoms with van der Waals surface area (Å²) in [6.45, 7) is 1.70. The molecule has 1 fully saturated rings. The molecule has 1 aliphatic heterocycles. The van der Waals surface area contributed by atoms with Crippen LogP contribution < -0.4 is 10.1 Å². The Bertz CT molecular complexity index is 457. The summed E-state index contributed by atoms with van der Waals surface area (Å²) < 4.78 is 29.5. The lowest BCUT2D eigenvalue weighted by molar-refractivity contribution is -0.133. The Morgan fingerprint density at radius 3 is 2.90 bits per heavy atom. The van der Waals surface area contributed by atoms with E-state index in [9.17, 15) is 9.50 Å². The summed E-state index contributed by atoms with van der Waals surface area (Å²) in [4.78, 5) is 0. The Kier molecular flexibility index (Phi) is 5.93. The molecule has 1 aromatic rings. The molecule has 0 aromatic heterocycles. The van der Waals surface area contributed by atoms with Crippen LogP contribution in [0.3, 0.4) is 0 Å². The second-order valence-electron chi connectivity index (χ2n) is 5.11. The van der Waals surface area contributed by atoms with Crippen LogP contribution in [0.2, 0.25) is 0 Å². The maximum absolute atomic E-state index is 13.8. The van der Waals surface area contributed by atoms with Gasteiger partial charge in [0.15, 0.2) is 0 Å². The highest BCUT2D eigenvalue weighted by Crippen LogP contribution is 2.21. The number of hydrogen-bond acceptors (Lipinski definition) is 5. The van der Waals surface area contributed by atoms with Gasteiger partial charge in [0.2, 0.25) is 0 Å². The van der Waals surface area contributed by atoms with Gasteiger partial charge in [-0.2, -0.15) is 0 Å². The molecule has 3 atom stereocenters. The molecule has 0 aliphatic carbocycles. The van der Waals surface area contributed by atoms with E-state index in [0.29, 0.717) is 37.6 Å². The van der Waals surface area contributed by atoms with Gasteiger partial charge >= 0.3 is 0 Å². The van der Waals surface area contributed by atoms with Gasteiger partial charge in [-0.1, -0.05) is 6.07 Å². The molecule has 2 rings (SSSR count). The van der Waals surface area contributed by atoms with Crippen LogP contribution in [-0.4, -0.2) is 51.3 Å². The van der Waals surface area contributed by atoms with Gasteiger partial charge in [0, 0.05) is 31.7 Å². The van der Waals surface area contributed by atoms with Crippen molar-refractivity contribution in [2.24, 2.45) is 5.92 Å². The van der Waals surface area contributed by atoms with Gasteiger partial charge in [0.25, 0.3) is 0 Å². The van der Waals surface area contributed by atoms with Crippen LogP contribution in [0, 0.1) is 11.7 Å². The lowest BCUT2D eigenvalue weighted by Gasteiger charge is -2.34. The molecule has 0 unspecified atom stereocenters. The summed E-state index contributed by atoms with van der Waals surface area (Å²) in [5.41, 5.74) is 0.481. The third kappa shape index (κ3) is 3.91. The monoisotopic (exact) mass is 299 g/mol. The molecule has 118 valence electrons. The fourth-order valence-corrected chi connectivity index (χ4v) is 2.51. The number of benzene rings is 1. The van der Waals surface area contributed by atoms with Crippen LogP contribution in [0.5, 0.6) is 5.75 Å². The number of halogens is 1. The minimum atomic E-state index is -0.584. The number of ether oxygens (including phenoxy) is 3. The van der Waals surface area contributed by atoms with Crippen molar-refractivity contribution in [3.05, 3.63) is 29.6 Å². The fraction of sp³-hybridized carbons (Fsp3) is 0.600. The zero-order chi connectivity index (χ0) is 15.2. The first-order valence-corrected chi connectivity index (χ1v) is 6.98. The van der Waals surface area contributed by atoms with Gasteiger partial charge in [-0.3, -0.25) is 0 Å². The van der Waals surface area contributed by atoms with Gasteiger partial charge in [-0.15, -0.1) is 0 Å². The van der Waals surface area contributed by atoms with E-state index >= 15 is 0 Å². The van der Waals surface area contributed by atoms with E-state index in [1.807, 2.05) is 0 Å². The predicted molar refractivity (Wildman–Crippen MR) is 75.8 cm³/mol. The van der Waals surface area contributed by atoms with Crippen molar-refractivity contribution >= 4 is 0 Å². The molecule has 5 nitrogen and oxygen atoms in total. The number of methoxy groups -OCH3 is 2. The summed E-state index contributed by atoms with van der Waals surface area (Å²) in [6.07, 6.45) is -0.896. The largest absolute Gasteiger partial charge is 0.496 e. The van der Waals surface area contributed by atoms with Crippen LogP contribution in [0.15, 0.2) is 18.2 Å². The van der Waals surface area contributed by atoms with Gasteiger partial charge in [0.05, 0.1) is 26.4 Å². The van der Waals surface area contributed by atoms with E-state index in [1.165, 1.54) is 13.2 Å². The SMILES string of the molecule is COc1cccc(F)c1CNC[C@@H]1COC[C@@H](OC)[C@H]1O. The lowest BCUT2D eigenvalue weighted by atomic mass is 9.96. The maximum Gasteiger partial charge on any atom is 0.131 e. The number of aliphatic hydroxyl groups is 1. The average Bonchev–Trinajstić information content (AvgIpc) is 2.50. The Labute approximate surface area is 124 Å². The molecule has 0 spiro atoms. The van der Waals surface area contributed by atoms with E-state index in [1.54, 1.807) is 19.2 Å². The molecule has 2 N–H and O–H groups in total. The lowest BCUT2D eigenvalue weighted by Crippen LogP contribution is -2.48. The summed E-state index contributed by atoms with van der Waals surface area (Å²) in [5, 5.41) is 13.3. The Balaban J connectivity index is 1.90. The summed E-state index contributed by atoms with van der Waals surface area (Å²) >= 11 is 0. The first-order valence-electron chi connectivity index (χ1n) is 6.98. The quantitative estimate of drug-likeness (QED) is 0.819. The first kappa shape index (κ1) is 16.2. The maximum atomic E-state index is 13.8. The number of nitrogens with one attached hydrogen (secondary N) is 1.